The van der Waals surface area contributed by atoms with E-state index >= 15 is 0 Å². The number of carbonyl (C=O) groups is 1. The molecule has 0 aliphatic heterocycles. The summed E-state index contributed by atoms with van der Waals surface area (Å²) >= 11 is 0. The van der Waals surface area contributed by atoms with Gasteiger partial charge >= 0.3 is 0 Å². The summed E-state index contributed by atoms with van der Waals surface area (Å²) in [6.07, 6.45) is 1.92. The van der Waals surface area contributed by atoms with Gasteiger partial charge in [0.1, 0.15) is 0 Å². The molecule has 6 heteroatoms. The van der Waals surface area contributed by atoms with Gasteiger partial charge in [0.25, 0.3) is 15.9 Å². The van der Waals surface area contributed by atoms with Gasteiger partial charge in [0.05, 0.1) is 4.90 Å². The molecular weight excluding hydrogens is 336 g/mol. The van der Waals surface area contributed by atoms with E-state index in [-0.39, 0.29) is 16.8 Å². The van der Waals surface area contributed by atoms with E-state index in [4.69, 9.17) is 0 Å². The van der Waals surface area contributed by atoms with Crippen molar-refractivity contribution in [2.75, 3.05) is 4.72 Å². The number of benzene rings is 2. The molecule has 0 fully saturated rings. The molecule has 0 radical (unpaired) electrons. The van der Waals surface area contributed by atoms with Crippen LogP contribution in [0.15, 0.2) is 53.4 Å². The van der Waals surface area contributed by atoms with E-state index in [2.05, 4.69) is 17.0 Å². The SMILES string of the molecule is CCC[C@H](C)NC(=O)c1ccc(NS(=O)(=O)c2ccc(C)cc2)cc1. The molecule has 0 bridgehead atoms. The normalized spacial score (nSPS) is 12.4. The van der Waals surface area contributed by atoms with E-state index in [0.717, 1.165) is 18.4 Å². The molecule has 2 aromatic rings. The first kappa shape index (κ1) is 19.0. The van der Waals surface area contributed by atoms with Crippen molar-refractivity contribution in [3.8, 4) is 0 Å². The van der Waals surface area contributed by atoms with Gasteiger partial charge in [0, 0.05) is 17.3 Å². The summed E-state index contributed by atoms with van der Waals surface area (Å²) in [7, 11) is -3.64. The summed E-state index contributed by atoms with van der Waals surface area (Å²) in [6, 6.07) is 13.1. The Morgan fingerprint density at radius 3 is 2.20 bits per heavy atom. The van der Waals surface area contributed by atoms with Crippen molar-refractivity contribution in [1.82, 2.24) is 5.32 Å². The van der Waals surface area contributed by atoms with Crippen LogP contribution in [0.3, 0.4) is 0 Å². The summed E-state index contributed by atoms with van der Waals surface area (Å²) in [5.74, 6) is -0.158. The predicted molar refractivity (Wildman–Crippen MR) is 100 cm³/mol. The number of anilines is 1. The summed E-state index contributed by atoms with van der Waals surface area (Å²) in [5, 5.41) is 2.92. The first-order valence-corrected chi connectivity index (χ1v) is 9.80. The van der Waals surface area contributed by atoms with Crippen molar-refractivity contribution in [3.05, 3.63) is 59.7 Å². The van der Waals surface area contributed by atoms with Gasteiger partial charge in [-0.2, -0.15) is 0 Å². The molecule has 5 nitrogen and oxygen atoms in total. The van der Waals surface area contributed by atoms with E-state index in [0.29, 0.717) is 11.3 Å². The molecule has 0 saturated heterocycles. The van der Waals surface area contributed by atoms with Gasteiger partial charge in [-0.3, -0.25) is 9.52 Å². The van der Waals surface area contributed by atoms with Gasteiger partial charge < -0.3 is 5.32 Å². The monoisotopic (exact) mass is 360 g/mol. The summed E-state index contributed by atoms with van der Waals surface area (Å²) < 4.78 is 27.2. The van der Waals surface area contributed by atoms with Crippen LogP contribution in [0.5, 0.6) is 0 Å². The highest BCUT2D eigenvalue weighted by Crippen LogP contribution is 2.17. The van der Waals surface area contributed by atoms with Crippen LogP contribution in [0.2, 0.25) is 0 Å². The molecule has 2 aromatic carbocycles. The maximum atomic E-state index is 12.4. The largest absolute Gasteiger partial charge is 0.350 e. The van der Waals surface area contributed by atoms with Crippen LogP contribution in [-0.2, 0) is 10.0 Å². The molecule has 0 aromatic heterocycles. The second kappa shape index (κ2) is 8.16. The Balaban J connectivity index is 2.07. The highest BCUT2D eigenvalue weighted by atomic mass is 32.2. The number of hydrogen-bond donors (Lipinski definition) is 2. The van der Waals surface area contributed by atoms with Crippen LogP contribution in [-0.4, -0.2) is 20.4 Å². The van der Waals surface area contributed by atoms with Crippen LogP contribution in [0.4, 0.5) is 5.69 Å². The quantitative estimate of drug-likeness (QED) is 0.790. The molecule has 0 heterocycles. The molecule has 2 N–H and O–H groups in total. The van der Waals surface area contributed by atoms with Crippen molar-refractivity contribution in [2.45, 2.75) is 44.6 Å². The molecule has 1 atom stereocenters. The predicted octanol–water partition coefficient (Wildman–Crippen LogP) is 3.71. The van der Waals surface area contributed by atoms with Crippen LogP contribution in [0.25, 0.3) is 0 Å². The Kier molecular flexibility index (Phi) is 6.20. The minimum absolute atomic E-state index is 0.109. The van der Waals surface area contributed by atoms with Crippen molar-refractivity contribution in [2.24, 2.45) is 0 Å². The van der Waals surface area contributed by atoms with E-state index < -0.39 is 10.0 Å². The second-order valence-corrected chi connectivity index (χ2v) is 7.84. The van der Waals surface area contributed by atoms with Gasteiger partial charge in [0.15, 0.2) is 0 Å². The molecule has 2 rings (SSSR count). The number of hydrogen-bond acceptors (Lipinski definition) is 3. The lowest BCUT2D eigenvalue weighted by molar-refractivity contribution is 0.0938. The average molecular weight is 360 g/mol. The molecule has 134 valence electrons. The standard InChI is InChI=1S/C19H24N2O3S/c1-4-5-15(3)20-19(22)16-8-10-17(11-9-16)21-25(23,24)18-12-6-14(2)7-13-18/h6-13,15,21H,4-5H2,1-3H3,(H,20,22)/t15-/m0/s1. The Hall–Kier alpha value is -2.34. The summed E-state index contributed by atoms with van der Waals surface area (Å²) in [6.45, 7) is 5.93. The lowest BCUT2D eigenvalue weighted by Gasteiger charge is -2.13. The number of carbonyl (C=O) groups excluding carboxylic acids is 1. The van der Waals surface area contributed by atoms with Gasteiger partial charge in [-0.1, -0.05) is 31.0 Å². The molecule has 1 amide bonds. The smallest absolute Gasteiger partial charge is 0.261 e. The number of nitrogens with one attached hydrogen (secondary N) is 2. The maximum absolute atomic E-state index is 12.4. The minimum atomic E-state index is -3.64. The maximum Gasteiger partial charge on any atom is 0.261 e. The number of amides is 1. The minimum Gasteiger partial charge on any atom is -0.350 e. The number of sulfonamides is 1. The first-order chi connectivity index (χ1) is 11.8. The fourth-order valence-electron chi connectivity index (χ4n) is 2.43. The van der Waals surface area contributed by atoms with Gasteiger partial charge in [-0.25, -0.2) is 8.42 Å². The zero-order valence-corrected chi connectivity index (χ0v) is 15.6. The van der Waals surface area contributed by atoms with E-state index in [1.165, 1.54) is 0 Å². The van der Waals surface area contributed by atoms with Crippen molar-refractivity contribution in [3.63, 3.8) is 0 Å². The fourth-order valence-corrected chi connectivity index (χ4v) is 3.49. The molecule has 0 spiro atoms. The summed E-state index contributed by atoms with van der Waals surface area (Å²) in [4.78, 5) is 12.3. The Morgan fingerprint density at radius 1 is 1.04 bits per heavy atom. The molecule has 0 unspecified atom stereocenters. The molecule has 0 aliphatic carbocycles. The van der Waals surface area contributed by atoms with Crippen molar-refractivity contribution < 1.29 is 13.2 Å². The van der Waals surface area contributed by atoms with E-state index in [1.807, 2.05) is 13.8 Å². The highest BCUT2D eigenvalue weighted by molar-refractivity contribution is 7.92. The first-order valence-electron chi connectivity index (χ1n) is 8.32. The molecule has 0 saturated carbocycles. The Morgan fingerprint density at radius 2 is 1.64 bits per heavy atom. The zero-order chi connectivity index (χ0) is 18.4. The van der Waals surface area contributed by atoms with Crippen molar-refractivity contribution >= 4 is 21.6 Å². The molecular formula is C19H24N2O3S. The Labute approximate surface area is 149 Å². The van der Waals surface area contributed by atoms with Crippen molar-refractivity contribution in [1.29, 1.82) is 0 Å². The Bertz CT molecular complexity index is 813. The third kappa shape index (κ3) is 5.32. The lowest BCUT2D eigenvalue weighted by Crippen LogP contribution is -2.32. The molecule has 25 heavy (non-hydrogen) atoms. The van der Waals surface area contributed by atoms with E-state index in [9.17, 15) is 13.2 Å². The number of aryl methyl sites for hydroxylation is 1. The summed E-state index contributed by atoms with van der Waals surface area (Å²) in [5.41, 5.74) is 1.91. The van der Waals surface area contributed by atoms with Gasteiger partial charge in [0.2, 0.25) is 0 Å². The topological polar surface area (TPSA) is 75.3 Å². The van der Waals surface area contributed by atoms with Gasteiger partial charge in [-0.15, -0.1) is 0 Å². The van der Waals surface area contributed by atoms with E-state index in [1.54, 1.807) is 48.5 Å². The second-order valence-electron chi connectivity index (χ2n) is 6.16. The van der Waals surface area contributed by atoms with Gasteiger partial charge in [-0.05, 0) is 56.7 Å². The third-order valence-corrected chi connectivity index (χ3v) is 5.23. The van der Waals surface area contributed by atoms with Crippen LogP contribution >= 0.6 is 0 Å². The average Bonchev–Trinajstić information content (AvgIpc) is 2.55. The number of rotatable bonds is 7. The third-order valence-electron chi connectivity index (χ3n) is 3.83. The highest BCUT2D eigenvalue weighted by Gasteiger charge is 2.14. The van der Waals surface area contributed by atoms with Crippen LogP contribution < -0.4 is 10.0 Å². The van der Waals surface area contributed by atoms with Crippen LogP contribution in [0, 0.1) is 6.92 Å². The fraction of sp³-hybridized carbons (Fsp3) is 0.316. The zero-order valence-electron chi connectivity index (χ0n) is 14.7. The lowest BCUT2D eigenvalue weighted by atomic mass is 10.1. The molecule has 0 aliphatic rings. The van der Waals surface area contributed by atoms with Crippen LogP contribution in [0.1, 0.15) is 42.6 Å².